The lowest BCUT2D eigenvalue weighted by Crippen LogP contribution is -2.43. The molecule has 33 heavy (non-hydrogen) atoms. The molecule has 0 unspecified atom stereocenters. The number of nitrogens with one attached hydrogen (secondary N) is 1. The number of carbonyl (C=O) groups is 2. The average molecular weight is 471 g/mol. The zero-order valence-corrected chi connectivity index (χ0v) is 19.0. The molecule has 1 fully saturated rings. The number of thioether (sulfide) groups is 1. The Morgan fingerprint density at radius 2 is 1.94 bits per heavy atom. The molecule has 3 aromatic rings. The Morgan fingerprint density at radius 1 is 1.12 bits per heavy atom. The number of nitrogens with zero attached hydrogens (tertiary/aromatic N) is 3. The molecule has 0 bridgehead atoms. The quantitative estimate of drug-likeness (QED) is 0.425. The van der Waals surface area contributed by atoms with E-state index in [9.17, 15) is 9.59 Å². The number of furan rings is 1. The van der Waals surface area contributed by atoms with Gasteiger partial charge in [0.05, 0.1) is 18.6 Å². The summed E-state index contributed by atoms with van der Waals surface area (Å²) in [7, 11) is 0. The predicted molar refractivity (Wildman–Crippen MR) is 120 cm³/mol. The van der Waals surface area contributed by atoms with Gasteiger partial charge in [0.25, 0.3) is 11.1 Å². The Labute approximate surface area is 195 Å². The first-order valence-corrected chi connectivity index (χ1v) is 11.9. The van der Waals surface area contributed by atoms with Gasteiger partial charge in [0, 0.05) is 6.04 Å². The van der Waals surface area contributed by atoms with Crippen molar-refractivity contribution in [3.05, 3.63) is 60.4 Å². The molecule has 2 amide bonds. The molecule has 1 N–H and O–H groups in total. The van der Waals surface area contributed by atoms with Crippen LogP contribution in [0.3, 0.4) is 0 Å². The summed E-state index contributed by atoms with van der Waals surface area (Å²) in [6.07, 6.45) is 5.77. The zero-order valence-electron chi connectivity index (χ0n) is 18.1. The van der Waals surface area contributed by atoms with Gasteiger partial charge in [-0.3, -0.25) is 9.59 Å². The second-order valence-electron chi connectivity index (χ2n) is 7.73. The van der Waals surface area contributed by atoms with Crippen LogP contribution >= 0.6 is 11.8 Å². The Bertz CT molecular complexity index is 1020. The highest BCUT2D eigenvalue weighted by molar-refractivity contribution is 7.99. The summed E-state index contributed by atoms with van der Waals surface area (Å²) in [4.78, 5) is 26.9. The standard InChI is InChI=1S/C23H26N4O5S/c28-20(24-17-7-4-5-8-17)14-27(13-19-11-6-12-30-19)22(29)16-33-23-26-25-21(32-23)15-31-18-9-2-1-3-10-18/h1-3,6,9-12,17H,4-5,7-8,13-16H2,(H,24,28). The van der Waals surface area contributed by atoms with E-state index in [2.05, 4.69) is 15.5 Å². The van der Waals surface area contributed by atoms with E-state index in [-0.39, 0.29) is 48.5 Å². The van der Waals surface area contributed by atoms with Gasteiger partial charge in [0.1, 0.15) is 18.1 Å². The second kappa shape index (κ2) is 11.6. The second-order valence-corrected chi connectivity index (χ2v) is 8.66. The predicted octanol–water partition coefficient (Wildman–Crippen LogP) is 3.42. The van der Waals surface area contributed by atoms with Crippen molar-refractivity contribution >= 4 is 23.6 Å². The van der Waals surface area contributed by atoms with Gasteiger partial charge in [0.2, 0.25) is 11.8 Å². The number of aromatic nitrogens is 2. The van der Waals surface area contributed by atoms with Crippen LogP contribution in [0.4, 0.5) is 0 Å². The lowest BCUT2D eigenvalue weighted by Gasteiger charge is -2.22. The van der Waals surface area contributed by atoms with Crippen molar-refractivity contribution < 1.29 is 23.2 Å². The fourth-order valence-corrected chi connectivity index (χ4v) is 4.25. The first kappa shape index (κ1) is 22.9. The van der Waals surface area contributed by atoms with Gasteiger partial charge in [-0.05, 0) is 37.1 Å². The molecule has 0 atom stereocenters. The Balaban J connectivity index is 1.29. The third-order valence-corrected chi connectivity index (χ3v) is 6.01. The lowest BCUT2D eigenvalue weighted by molar-refractivity contribution is -0.135. The van der Waals surface area contributed by atoms with E-state index in [0.29, 0.717) is 17.4 Å². The van der Waals surface area contributed by atoms with Crippen molar-refractivity contribution in [3.63, 3.8) is 0 Å². The number of rotatable bonds is 11. The van der Waals surface area contributed by atoms with Gasteiger partial charge < -0.3 is 23.8 Å². The van der Waals surface area contributed by atoms with E-state index in [1.165, 1.54) is 4.90 Å². The van der Waals surface area contributed by atoms with Crippen molar-refractivity contribution in [2.24, 2.45) is 0 Å². The molecule has 0 spiro atoms. The van der Waals surface area contributed by atoms with E-state index < -0.39 is 0 Å². The summed E-state index contributed by atoms with van der Waals surface area (Å²) >= 11 is 1.12. The summed E-state index contributed by atoms with van der Waals surface area (Å²) in [5, 5.41) is 11.2. The first-order valence-electron chi connectivity index (χ1n) is 10.9. The van der Waals surface area contributed by atoms with Crippen LogP contribution in [0.1, 0.15) is 37.3 Å². The molecule has 2 aromatic heterocycles. The van der Waals surface area contributed by atoms with E-state index in [4.69, 9.17) is 13.6 Å². The molecule has 0 radical (unpaired) electrons. The largest absolute Gasteiger partial charge is 0.484 e. The summed E-state index contributed by atoms with van der Waals surface area (Å²) < 4.78 is 16.5. The van der Waals surface area contributed by atoms with E-state index in [1.54, 1.807) is 18.4 Å². The maximum absolute atomic E-state index is 12.9. The van der Waals surface area contributed by atoms with Crippen LogP contribution in [0.5, 0.6) is 5.75 Å². The van der Waals surface area contributed by atoms with Crippen LogP contribution in [0, 0.1) is 0 Å². The molecule has 2 heterocycles. The van der Waals surface area contributed by atoms with Gasteiger partial charge >= 0.3 is 0 Å². The highest BCUT2D eigenvalue weighted by Crippen LogP contribution is 2.20. The minimum absolute atomic E-state index is 0.0312. The molecule has 1 aliphatic rings. The van der Waals surface area contributed by atoms with E-state index in [0.717, 1.165) is 37.4 Å². The third-order valence-electron chi connectivity index (χ3n) is 5.21. The Hall–Kier alpha value is -3.27. The molecule has 1 saturated carbocycles. The number of carbonyl (C=O) groups excluding carboxylic acids is 2. The van der Waals surface area contributed by atoms with Crippen molar-refractivity contribution in [1.29, 1.82) is 0 Å². The van der Waals surface area contributed by atoms with Crippen LogP contribution in [-0.4, -0.2) is 45.3 Å². The topological polar surface area (TPSA) is 111 Å². The number of amides is 2. The van der Waals surface area contributed by atoms with Gasteiger partial charge in [-0.2, -0.15) is 0 Å². The number of ether oxygens (including phenoxy) is 1. The number of para-hydroxylation sites is 1. The molecule has 4 rings (SSSR count). The number of hydrogen-bond acceptors (Lipinski definition) is 8. The summed E-state index contributed by atoms with van der Waals surface area (Å²) in [6, 6.07) is 13.0. The smallest absolute Gasteiger partial charge is 0.277 e. The summed E-state index contributed by atoms with van der Waals surface area (Å²) in [6.45, 7) is 0.318. The average Bonchev–Trinajstić information content (AvgIpc) is 3.60. The van der Waals surface area contributed by atoms with Gasteiger partial charge in [-0.25, -0.2) is 0 Å². The molecule has 174 valence electrons. The maximum Gasteiger partial charge on any atom is 0.277 e. The molecule has 9 nitrogen and oxygen atoms in total. The van der Waals surface area contributed by atoms with Crippen molar-refractivity contribution in [2.45, 2.75) is 50.1 Å². The first-order chi connectivity index (χ1) is 16.2. The minimum Gasteiger partial charge on any atom is -0.484 e. The van der Waals surface area contributed by atoms with E-state index in [1.807, 2.05) is 30.3 Å². The van der Waals surface area contributed by atoms with E-state index >= 15 is 0 Å². The van der Waals surface area contributed by atoms with Crippen molar-refractivity contribution in [3.8, 4) is 5.75 Å². The summed E-state index contributed by atoms with van der Waals surface area (Å²) in [5.74, 6) is 1.29. The summed E-state index contributed by atoms with van der Waals surface area (Å²) in [5.41, 5.74) is 0. The Kier molecular flexibility index (Phi) is 8.02. The monoisotopic (exact) mass is 470 g/mol. The SMILES string of the molecule is O=C(CN(Cc1ccco1)C(=O)CSc1nnc(COc2ccccc2)o1)NC1CCCC1. The fraction of sp³-hybridized carbons (Fsp3) is 0.391. The molecule has 10 heteroatoms. The molecule has 0 saturated heterocycles. The van der Waals surface area contributed by atoms with Crippen molar-refractivity contribution in [1.82, 2.24) is 20.4 Å². The van der Waals surface area contributed by atoms with Crippen LogP contribution in [0.2, 0.25) is 0 Å². The fourth-order valence-electron chi connectivity index (χ4n) is 3.57. The number of benzene rings is 1. The zero-order chi connectivity index (χ0) is 22.9. The van der Waals surface area contributed by atoms with Gasteiger partial charge in [-0.15, -0.1) is 10.2 Å². The number of hydrogen-bond donors (Lipinski definition) is 1. The molecule has 1 aromatic carbocycles. The normalized spacial score (nSPS) is 13.7. The third kappa shape index (κ3) is 7.11. The minimum atomic E-state index is -0.224. The lowest BCUT2D eigenvalue weighted by atomic mass is 10.2. The molecule has 1 aliphatic carbocycles. The van der Waals surface area contributed by atoms with Crippen LogP contribution in [0.15, 0.2) is 62.8 Å². The molecule has 0 aliphatic heterocycles. The van der Waals surface area contributed by atoms with Crippen molar-refractivity contribution in [2.75, 3.05) is 12.3 Å². The molecular formula is C23H26N4O5S. The highest BCUT2D eigenvalue weighted by atomic mass is 32.2. The highest BCUT2D eigenvalue weighted by Gasteiger charge is 2.23. The Morgan fingerprint density at radius 3 is 2.70 bits per heavy atom. The van der Waals surface area contributed by atoms with Gasteiger partial charge in [-0.1, -0.05) is 42.8 Å². The van der Waals surface area contributed by atoms with Crippen LogP contribution < -0.4 is 10.1 Å². The van der Waals surface area contributed by atoms with Crippen LogP contribution in [0.25, 0.3) is 0 Å². The molecular weight excluding hydrogens is 444 g/mol. The van der Waals surface area contributed by atoms with Crippen LogP contribution in [-0.2, 0) is 22.7 Å². The van der Waals surface area contributed by atoms with Gasteiger partial charge in [0.15, 0.2) is 6.61 Å². The maximum atomic E-state index is 12.9.